The zero-order chi connectivity index (χ0) is 35.8. The first-order chi connectivity index (χ1) is 25.3. The maximum Gasteiger partial charge on any atom is 0.236 e. The van der Waals surface area contributed by atoms with Gasteiger partial charge in [-0.2, -0.15) is 9.78 Å². The number of hydrogen-bond donors (Lipinski definition) is 1. The van der Waals surface area contributed by atoms with E-state index in [9.17, 15) is 15.2 Å². The summed E-state index contributed by atoms with van der Waals surface area (Å²) in [6.45, 7) is 6.92. The lowest BCUT2D eigenvalue weighted by atomic mass is 10.1. The Kier molecular flexibility index (Phi) is 9.95. The number of carbonyl (C=O) groups is 1. The van der Waals surface area contributed by atoms with E-state index < -0.39 is 6.10 Å². The second kappa shape index (κ2) is 14.9. The monoisotopic (exact) mass is 737 g/mol. The molecule has 2 saturated heterocycles. The van der Waals surface area contributed by atoms with E-state index in [1.807, 2.05) is 65.9 Å². The van der Waals surface area contributed by atoms with Crippen LogP contribution in [0.1, 0.15) is 41.0 Å². The summed E-state index contributed by atoms with van der Waals surface area (Å²) in [5.41, 5.74) is 4.71. The van der Waals surface area contributed by atoms with Crippen molar-refractivity contribution in [3.05, 3.63) is 76.3 Å². The van der Waals surface area contributed by atoms with Crippen molar-refractivity contribution in [2.24, 2.45) is 5.92 Å². The molecule has 1 N–H and O–H groups in total. The number of likely N-dealkylation sites (tertiary alicyclic amines) is 1. The Hall–Kier alpha value is -4.39. The fourth-order valence-corrected chi connectivity index (χ4v) is 8.78. The van der Waals surface area contributed by atoms with Crippen molar-refractivity contribution in [3.63, 3.8) is 0 Å². The van der Waals surface area contributed by atoms with Gasteiger partial charge in [0.15, 0.2) is 10.9 Å². The molecular formula is C38H43N9O3S2. The lowest BCUT2D eigenvalue weighted by Gasteiger charge is -2.38. The molecule has 2 aliphatic heterocycles. The van der Waals surface area contributed by atoms with Crippen LogP contribution in [-0.2, 0) is 22.6 Å². The summed E-state index contributed by atoms with van der Waals surface area (Å²) in [5, 5.41) is 26.5. The molecule has 3 aliphatic rings. The number of fused-ring (bicyclic) bond motifs is 1. The van der Waals surface area contributed by atoms with Crippen LogP contribution in [-0.4, -0.2) is 105 Å². The average molecular weight is 738 g/mol. The minimum absolute atomic E-state index is 0.109. The van der Waals surface area contributed by atoms with Crippen molar-refractivity contribution in [2.75, 3.05) is 62.7 Å². The van der Waals surface area contributed by atoms with Gasteiger partial charge in [-0.3, -0.25) is 9.69 Å². The van der Waals surface area contributed by atoms with E-state index in [2.05, 4.69) is 28.0 Å². The summed E-state index contributed by atoms with van der Waals surface area (Å²) in [6, 6.07) is 20.8. The van der Waals surface area contributed by atoms with E-state index in [0.717, 1.165) is 64.3 Å². The molecule has 3 aromatic heterocycles. The van der Waals surface area contributed by atoms with Crippen LogP contribution in [0, 0.1) is 24.2 Å². The van der Waals surface area contributed by atoms with Gasteiger partial charge < -0.3 is 24.5 Å². The minimum atomic E-state index is -0.392. The Labute approximate surface area is 311 Å². The molecule has 2 aromatic carbocycles. The molecule has 1 saturated carbocycles. The van der Waals surface area contributed by atoms with Crippen LogP contribution in [0.4, 0.5) is 16.1 Å². The minimum Gasteiger partial charge on any atom is -0.389 e. The molecule has 5 heterocycles. The number of ether oxygens (including phenoxy) is 1. The van der Waals surface area contributed by atoms with E-state index in [4.69, 9.17) is 19.8 Å². The number of anilines is 3. The third-order valence-electron chi connectivity index (χ3n) is 10.2. The van der Waals surface area contributed by atoms with Crippen LogP contribution < -0.4 is 9.80 Å². The summed E-state index contributed by atoms with van der Waals surface area (Å²) in [7, 11) is 1.96. The van der Waals surface area contributed by atoms with E-state index in [1.165, 1.54) is 24.2 Å². The summed E-state index contributed by atoms with van der Waals surface area (Å²) >= 11 is 2.93. The van der Waals surface area contributed by atoms with Crippen LogP contribution >= 0.6 is 22.7 Å². The van der Waals surface area contributed by atoms with Crippen LogP contribution in [0.15, 0.2) is 54.6 Å². The highest BCUT2D eigenvalue weighted by Gasteiger charge is 2.37. The SMILES string of the molecule is Cc1ccc(-c2nc(N(C)c3c(CCOCc4ccccc4)nc4sc(N5CC[C@@H](N(CC(=O)N6CC(O)C6)CC6CC6)C5)nn34)sc2C#N)cc1. The molecule has 270 valence electrons. The number of β-amino-alcohol motifs (C(OH)–C–C–N with tert-alkyl or cyclic N) is 1. The second-order valence-corrected chi connectivity index (χ2v) is 16.1. The number of aliphatic hydroxyl groups is 1. The van der Waals surface area contributed by atoms with E-state index in [0.29, 0.717) is 60.9 Å². The number of nitriles is 1. The fraction of sp³-hybridized carbons (Fsp3) is 0.447. The van der Waals surface area contributed by atoms with Gasteiger partial charge in [-0.1, -0.05) is 82.8 Å². The van der Waals surface area contributed by atoms with Crippen molar-refractivity contribution < 1.29 is 14.6 Å². The molecule has 5 aromatic rings. The van der Waals surface area contributed by atoms with Crippen molar-refractivity contribution in [1.82, 2.24) is 29.4 Å². The maximum absolute atomic E-state index is 13.0. The highest BCUT2D eigenvalue weighted by atomic mass is 32.1. The Morgan fingerprint density at radius 1 is 1.06 bits per heavy atom. The standard InChI is InChI=1S/C38H43N9O3S2/c1-25-8-12-28(13-9-25)34-32(18-39)51-36(41-34)43(2)35-31(15-17-50-24-27-6-4-3-5-7-27)40-37-47(35)42-38(52-37)44-16-14-29(20-44)45(19-26-10-11-26)23-33(49)46-21-30(48)22-46/h3-9,12-13,26,29-30,48H,10-11,14-17,19-24H2,1-2H3/t29-/m1/s1. The zero-order valence-electron chi connectivity index (χ0n) is 29.5. The van der Waals surface area contributed by atoms with Gasteiger partial charge in [0.25, 0.3) is 0 Å². The van der Waals surface area contributed by atoms with Gasteiger partial charge in [-0.05, 0) is 37.7 Å². The van der Waals surface area contributed by atoms with E-state index >= 15 is 0 Å². The van der Waals surface area contributed by atoms with Gasteiger partial charge in [0.05, 0.1) is 31.6 Å². The quantitative estimate of drug-likeness (QED) is 0.154. The number of thiazole rings is 1. The highest BCUT2D eigenvalue weighted by molar-refractivity contribution is 7.20. The molecule has 1 aliphatic carbocycles. The fourth-order valence-electron chi connectivity index (χ4n) is 6.98. The van der Waals surface area contributed by atoms with Crippen LogP contribution in [0.2, 0.25) is 0 Å². The molecule has 0 bridgehead atoms. The molecule has 0 unspecified atom stereocenters. The molecule has 12 nitrogen and oxygen atoms in total. The molecule has 14 heteroatoms. The summed E-state index contributed by atoms with van der Waals surface area (Å²) in [4.78, 5) is 32.9. The number of aryl methyl sites for hydroxylation is 1. The first kappa shape index (κ1) is 34.7. The van der Waals surface area contributed by atoms with Gasteiger partial charge in [0, 0.05) is 57.8 Å². The number of hydrogen-bond acceptors (Lipinski definition) is 12. The van der Waals surface area contributed by atoms with Gasteiger partial charge in [-0.15, -0.1) is 5.10 Å². The van der Waals surface area contributed by atoms with Gasteiger partial charge >= 0.3 is 0 Å². The molecule has 1 amide bonds. The van der Waals surface area contributed by atoms with Crippen molar-refractivity contribution in [3.8, 4) is 17.3 Å². The Balaban J connectivity index is 1.04. The molecule has 1 atom stereocenters. The summed E-state index contributed by atoms with van der Waals surface area (Å²) < 4.78 is 8.00. The first-order valence-electron chi connectivity index (χ1n) is 18.0. The summed E-state index contributed by atoms with van der Waals surface area (Å²) in [5.74, 6) is 1.58. The zero-order valence-corrected chi connectivity index (χ0v) is 31.2. The second-order valence-electron chi connectivity index (χ2n) is 14.2. The van der Waals surface area contributed by atoms with Gasteiger partial charge in [0.1, 0.15) is 16.6 Å². The number of rotatable bonds is 14. The third kappa shape index (κ3) is 7.42. The lowest BCUT2D eigenvalue weighted by Crippen LogP contribution is -2.57. The predicted molar refractivity (Wildman–Crippen MR) is 203 cm³/mol. The smallest absolute Gasteiger partial charge is 0.236 e. The number of aromatic nitrogens is 4. The van der Waals surface area contributed by atoms with E-state index in [-0.39, 0.29) is 11.9 Å². The van der Waals surface area contributed by atoms with Gasteiger partial charge in [-0.25, -0.2) is 9.97 Å². The molecule has 3 fully saturated rings. The largest absolute Gasteiger partial charge is 0.389 e. The van der Waals surface area contributed by atoms with Gasteiger partial charge in [0.2, 0.25) is 16.0 Å². The van der Waals surface area contributed by atoms with Crippen LogP contribution in [0.5, 0.6) is 0 Å². The number of aliphatic hydroxyl groups excluding tert-OH is 1. The van der Waals surface area contributed by atoms with Crippen molar-refractivity contribution >= 4 is 49.6 Å². The van der Waals surface area contributed by atoms with Crippen molar-refractivity contribution in [1.29, 1.82) is 5.26 Å². The number of benzene rings is 2. The predicted octanol–water partition coefficient (Wildman–Crippen LogP) is 5.12. The topological polar surface area (TPSA) is 126 Å². The molecule has 52 heavy (non-hydrogen) atoms. The first-order valence-corrected chi connectivity index (χ1v) is 19.6. The van der Waals surface area contributed by atoms with E-state index in [1.54, 1.807) is 16.2 Å². The Bertz CT molecular complexity index is 2060. The highest BCUT2D eigenvalue weighted by Crippen LogP contribution is 2.39. The lowest BCUT2D eigenvalue weighted by molar-refractivity contribution is -0.143. The number of amides is 1. The molecule has 0 spiro atoms. The van der Waals surface area contributed by atoms with Crippen LogP contribution in [0.3, 0.4) is 0 Å². The average Bonchev–Trinajstić information content (AvgIpc) is 3.48. The Morgan fingerprint density at radius 2 is 1.85 bits per heavy atom. The molecule has 8 rings (SSSR count). The normalized spacial score (nSPS) is 17.6. The van der Waals surface area contributed by atoms with Crippen molar-refractivity contribution in [2.45, 2.75) is 51.4 Å². The Morgan fingerprint density at radius 3 is 2.58 bits per heavy atom. The summed E-state index contributed by atoms with van der Waals surface area (Å²) in [6.07, 6.45) is 3.61. The third-order valence-corrected chi connectivity index (χ3v) is 12.2. The number of nitrogens with zero attached hydrogens (tertiary/aromatic N) is 9. The van der Waals surface area contributed by atoms with Crippen LogP contribution in [0.25, 0.3) is 16.2 Å². The molecule has 0 radical (unpaired) electrons. The number of carbonyl (C=O) groups excluding carboxylic acids is 1. The number of imidazole rings is 1. The maximum atomic E-state index is 13.0. The molecular weight excluding hydrogens is 695 g/mol.